The Morgan fingerprint density at radius 1 is 0.852 bits per heavy atom. The van der Waals surface area contributed by atoms with Gasteiger partial charge in [-0.2, -0.15) is 8.78 Å². The van der Waals surface area contributed by atoms with E-state index in [2.05, 4.69) is 11.7 Å². The van der Waals surface area contributed by atoms with Gasteiger partial charge in [0.25, 0.3) is 0 Å². The molecule has 0 heterocycles. The third kappa shape index (κ3) is 5.35. The van der Waals surface area contributed by atoms with Gasteiger partial charge in [0.15, 0.2) is 17.5 Å². The first-order valence-electron chi connectivity index (χ1n) is 9.95. The molecular formula is C21H27F5O. The van der Waals surface area contributed by atoms with E-state index in [1.54, 1.807) is 0 Å². The minimum atomic E-state index is -3.53. The van der Waals surface area contributed by atoms with Crippen LogP contribution >= 0.6 is 0 Å². The lowest BCUT2D eigenvalue weighted by molar-refractivity contribution is -0.191. The van der Waals surface area contributed by atoms with Crippen LogP contribution < -0.4 is 4.74 Å². The van der Waals surface area contributed by atoms with Gasteiger partial charge in [-0.1, -0.05) is 19.8 Å². The van der Waals surface area contributed by atoms with E-state index in [4.69, 9.17) is 0 Å². The molecule has 2 aliphatic rings. The summed E-state index contributed by atoms with van der Waals surface area (Å²) in [7, 11) is 0. The van der Waals surface area contributed by atoms with Crippen LogP contribution in [-0.2, 0) is 0 Å². The fourth-order valence-electron chi connectivity index (χ4n) is 4.76. The third-order valence-electron chi connectivity index (χ3n) is 6.37. The van der Waals surface area contributed by atoms with Gasteiger partial charge in [-0.3, -0.25) is 0 Å². The average molecular weight is 390 g/mol. The van der Waals surface area contributed by atoms with Gasteiger partial charge < -0.3 is 4.74 Å². The second kappa shape index (κ2) is 8.36. The third-order valence-corrected chi connectivity index (χ3v) is 6.37. The summed E-state index contributed by atoms with van der Waals surface area (Å²) in [5.41, 5.74) is 0. The SMILES string of the molecule is CC1CCC(C2CCC(CC(F)(F)Oc3cc(F)c(F)c(F)c3)CC2)CC1. The Labute approximate surface area is 157 Å². The Bertz CT molecular complexity index is 608. The van der Waals surface area contributed by atoms with Crippen LogP contribution in [0.15, 0.2) is 12.1 Å². The van der Waals surface area contributed by atoms with Crippen LogP contribution in [0.1, 0.15) is 64.7 Å². The second-order valence-electron chi connectivity index (χ2n) is 8.45. The summed E-state index contributed by atoms with van der Waals surface area (Å²) >= 11 is 0. The summed E-state index contributed by atoms with van der Waals surface area (Å²) in [6.07, 6.45) is 4.37. The van der Waals surface area contributed by atoms with Gasteiger partial charge in [0.1, 0.15) is 5.75 Å². The van der Waals surface area contributed by atoms with E-state index >= 15 is 0 Å². The van der Waals surface area contributed by atoms with E-state index < -0.39 is 35.7 Å². The number of alkyl halides is 2. The molecule has 1 nitrogen and oxygen atoms in total. The molecule has 0 saturated heterocycles. The number of hydrogen-bond acceptors (Lipinski definition) is 1. The van der Waals surface area contributed by atoms with Crippen LogP contribution in [0, 0.1) is 41.1 Å². The van der Waals surface area contributed by atoms with Crippen LogP contribution in [0.2, 0.25) is 0 Å². The monoisotopic (exact) mass is 390 g/mol. The first-order valence-corrected chi connectivity index (χ1v) is 9.95. The van der Waals surface area contributed by atoms with Gasteiger partial charge in [0.2, 0.25) is 0 Å². The first-order chi connectivity index (χ1) is 12.7. The molecule has 27 heavy (non-hydrogen) atoms. The average Bonchev–Trinajstić information content (AvgIpc) is 2.60. The highest BCUT2D eigenvalue weighted by Crippen LogP contribution is 2.43. The van der Waals surface area contributed by atoms with Gasteiger partial charge >= 0.3 is 6.11 Å². The van der Waals surface area contributed by atoms with Crippen molar-refractivity contribution in [1.82, 2.24) is 0 Å². The second-order valence-corrected chi connectivity index (χ2v) is 8.45. The van der Waals surface area contributed by atoms with Crippen LogP contribution in [0.4, 0.5) is 22.0 Å². The van der Waals surface area contributed by atoms with Gasteiger partial charge in [-0.25, -0.2) is 13.2 Å². The van der Waals surface area contributed by atoms with Gasteiger partial charge in [-0.05, 0) is 62.2 Å². The summed E-state index contributed by atoms with van der Waals surface area (Å²) in [6, 6.07) is 0.903. The molecule has 3 rings (SSSR count). The molecule has 0 spiro atoms. The maximum Gasteiger partial charge on any atom is 0.398 e. The van der Waals surface area contributed by atoms with Crippen LogP contribution in [-0.4, -0.2) is 6.11 Å². The van der Waals surface area contributed by atoms with E-state index in [-0.39, 0.29) is 5.92 Å². The molecule has 0 aromatic heterocycles. The standard InChI is InChI=1S/C21H27F5O/c1-13-2-6-15(7-3-13)16-8-4-14(5-9-16)12-21(25,26)27-17-10-18(22)20(24)19(23)11-17/h10-11,13-16H,2-9,12H2,1H3. The van der Waals surface area contributed by atoms with Gasteiger partial charge in [0, 0.05) is 12.1 Å². The number of rotatable bonds is 5. The summed E-state index contributed by atoms with van der Waals surface area (Å²) in [4.78, 5) is 0. The molecule has 1 aromatic carbocycles. The van der Waals surface area contributed by atoms with Crippen molar-refractivity contribution < 1.29 is 26.7 Å². The highest BCUT2D eigenvalue weighted by atomic mass is 19.3. The summed E-state index contributed by atoms with van der Waals surface area (Å²) in [5.74, 6) is -3.48. The van der Waals surface area contributed by atoms with Crippen molar-refractivity contribution in [1.29, 1.82) is 0 Å². The minimum Gasteiger partial charge on any atom is -0.432 e. The number of hydrogen-bond donors (Lipinski definition) is 0. The summed E-state index contributed by atoms with van der Waals surface area (Å²) in [6.45, 7) is 2.29. The van der Waals surface area contributed by atoms with Gasteiger partial charge in [-0.15, -0.1) is 0 Å². The molecule has 0 bridgehead atoms. The molecule has 2 aliphatic carbocycles. The van der Waals surface area contributed by atoms with Crippen LogP contribution in [0.5, 0.6) is 5.75 Å². The Hall–Kier alpha value is -1.33. The maximum atomic E-state index is 14.2. The zero-order valence-electron chi connectivity index (χ0n) is 15.6. The fraction of sp³-hybridized carbons (Fsp3) is 0.714. The normalized spacial score (nSPS) is 29.6. The molecule has 152 valence electrons. The molecular weight excluding hydrogens is 363 g/mol. The lowest BCUT2D eigenvalue weighted by Crippen LogP contribution is -2.31. The number of ether oxygens (including phenoxy) is 1. The smallest absolute Gasteiger partial charge is 0.398 e. The van der Waals surface area contributed by atoms with E-state index in [9.17, 15) is 22.0 Å². The zero-order valence-corrected chi connectivity index (χ0v) is 15.6. The molecule has 0 radical (unpaired) electrons. The van der Waals surface area contributed by atoms with Crippen molar-refractivity contribution in [3.8, 4) is 5.75 Å². The van der Waals surface area contributed by atoms with E-state index in [1.807, 2.05) is 0 Å². The molecule has 6 heteroatoms. The molecule has 1 aromatic rings. The van der Waals surface area contributed by atoms with Crippen molar-refractivity contribution in [2.24, 2.45) is 23.7 Å². The topological polar surface area (TPSA) is 9.23 Å². The summed E-state index contributed by atoms with van der Waals surface area (Å²) in [5, 5.41) is 0. The maximum absolute atomic E-state index is 14.2. The molecule has 0 amide bonds. The lowest BCUT2D eigenvalue weighted by Gasteiger charge is -2.37. The quantitative estimate of drug-likeness (QED) is 0.385. The number of benzene rings is 1. The molecule has 0 unspecified atom stereocenters. The molecule has 0 atom stereocenters. The molecule has 0 aliphatic heterocycles. The van der Waals surface area contributed by atoms with Crippen molar-refractivity contribution in [2.75, 3.05) is 0 Å². The van der Waals surface area contributed by atoms with E-state index in [1.165, 1.54) is 25.7 Å². The highest BCUT2D eigenvalue weighted by molar-refractivity contribution is 5.25. The zero-order chi connectivity index (χ0) is 19.6. The Morgan fingerprint density at radius 3 is 1.85 bits per heavy atom. The molecule has 2 fully saturated rings. The molecule has 2 saturated carbocycles. The first kappa shape index (κ1) is 20.4. The van der Waals surface area contributed by atoms with Crippen molar-refractivity contribution in [2.45, 2.75) is 70.8 Å². The highest BCUT2D eigenvalue weighted by Gasteiger charge is 2.38. The molecule has 0 N–H and O–H groups in total. The Kier molecular flexibility index (Phi) is 6.32. The van der Waals surface area contributed by atoms with Crippen molar-refractivity contribution in [3.63, 3.8) is 0 Å². The Morgan fingerprint density at radius 2 is 1.33 bits per heavy atom. The Balaban J connectivity index is 1.50. The van der Waals surface area contributed by atoms with Crippen LogP contribution in [0.25, 0.3) is 0 Å². The predicted molar refractivity (Wildman–Crippen MR) is 93.1 cm³/mol. The van der Waals surface area contributed by atoms with E-state index in [0.717, 1.165) is 37.5 Å². The van der Waals surface area contributed by atoms with Crippen molar-refractivity contribution >= 4 is 0 Å². The number of halogens is 5. The predicted octanol–water partition coefficient (Wildman–Crippen LogP) is 7.10. The summed E-state index contributed by atoms with van der Waals surface area (Å²) < 4.78 is 72.2. The minimum absolute atomic E-state index is 0.172. The fourth-order valence-corrected chi connectivity index (χ4v) is 4.76. The van der Waals surface area contributed by atoms with E-state index in [0.29, 0.717) is 18.1 Å². The lowest BCUT2D eigenvalue weighted by atomic mass is 9.69. The van der Waals surface area contributed by atoms with Crippen LogP contribution in [0.3, 0.4) is 0 Å². The van der Waals surface area contributed by atoms with Crippen molar-refractivity contribution in [3.05, 3.63) is 29.6 Å². The van der Waals surface area contributed by atoms with Gasteiger partial charge in [0.05, 0.1) is 6.42 Å². The largest absolute Gasteiger partial charge is 0.432 e.